The number of rotatable bonds is 12. The van der Waals surface area contributed by atoms with Crippen LogP contribution in [0, 0.1) is 0 Å². The maximum Gasteiger partial charge on any atom is 0.147 e. The Morgan fingerprint density at radius 1 is 0.565 bits per heavy atom. The van der Waals surface area contributed by atoms with Crippen molar-refractivity contribution >= 4 is 37.6 Å². The van der Waals surface area contributed by atoms with Crippen molar-refractivity contribution in [2.24, 2.45) is 0 Å². The summed E-state index contributed by atoms with van der Waals surface area (Å²) >= 11 is 0. The van der Waals surface area contributed by atoms with E-state index in [1.54, 1.807) is 0 Å². The van der Waals surface area contributed by atoms with E-state index in [1.807, 2.05) is 0 Å². The standard InChI is InChI=1S/C13H30O6S3Si/c1-20(14,15)8-5-11-23(4,12-6-9-21(2,16)17)13-7-10-22(3,18)19/h5-13H2,1-4H3. The molecule has 0 aromatic carbocycles. The molecule has 0 spiro atoms. The molecule has 0 saturated carbocycles. The minimum Gasteiger partial charge on any atom is -0.229 e. The molecule has 0 aromatic rings. The molecule has 0 rings (SSSR count). The summed E-state index contributed by atoms with van der Waals surface area (Å²) in [6.45, 7) is 2.12. The Bertz CT molecular complexity index is 571. The number of sulfone groups is 3. The summed E-state index contributed by atoms with van der Waals surface area (Å²) in [6, 6.07) is 2.36. The smallest absolute Gasteiger partial charge is 0.147 e. The zero-order chi connectivity index (χ0) is 18.4. The Labute approximate surface area is 142 Å². The first-order valence-electron chi connectivity index (χ1n) is 7.65. The van der Waals surface area contributed by atoms with Crippen LogP contribution in [0.2, 0.25) is 24.7 Å². The molecule has 6 nitrogen and oxygen atoms in total. The highest BCUT2D eigenvalue weighted by atomic mass is 32.2. The van der Waals surface area contributed by atoms with Gasteiger partial charge in [0.05, 0.1) is 8.07 Å². The van der Waals surface area contributed by atoms with Crippen LogP contribution in [0.4, 0.5) is 0 Å². The van der Waals surface area contributed by atoms with E-state index in [0.29, 0.717) is 19.3 Å². The van der Waals surface area contributed by atoms with E-state index in [1.165, 1.54) is 18.8 Å². The van der Waals surface area contributed by atoms with Crippen LogP contribution >= 0.6 is 0 Å². The van der Waals surface area contributed by atoms with Gasteiger partial charge in [0.25, 0.3) is 0 Å². The van der Waals surface area contributed by atoms with Crippen molar-refractivity contribution < 1.29 is 25.3 Å². The van der Waals surface area contributed by atoms with Crippen molar-refractivity contribution in [3.05, 3.63) is 0 Å². The average molecular weight is 407 g/mol. The van der Waals surface area contributed by atoms with Crippen molar-refractivity contribution in [3.63, 3.8) is 0 Å². The fourth-order valence-electron chi connectivity index (χ4n) is 2.66. The Morgan fingerprint density at radius 3 is 0.957 bits per heavy atom. The van der Waals surface area contributed by atoms with Crippen LogP contribution < -0.4 is 0 Å². The van der Waals surface area contributed by atoms with Gasteiger partial charge in [-0.05, 0) is 19.3 Å². The highest BCUT2D eigenvalue weighted by Crippen LogP contribution is 2.27. The predicted octanol–water partition coefficient (Wildman–Crippen LogP) is 1.37. The van der Waals surface area contributed by atoms with Crippen LogP contribution in [0.15, 0.2) is 0 Å². The second-order valence-electron chi connectivity index (χ2n) is 7.01. The first-order valence-corrected chi connectivity index (χ1v) is 17.0. The maximum absolute atomic E-state index is 11.3. The van der Waals surface area contributed by atoms with E-state index in [-0.39, 0.29) is 17.3 Å². The largest absolute Gasteiger partial charge is 0.229 e. The molecule has 0 aliphatic carbocycles. The Hall–Kier alpha value is 0.0669. The van der Waals surface area contributed by atoms with Crippen molar-refractivity contribution in [2.75, 3.05) is 36.0 Å². The zero-order valence-electron chi connectivity index (χ0n) is 14.5. The monoisotopic (exact) mass is 406 g/mol. The van der Waals surface area contributed by atoms with Gasteiger partial charge < -0.3 is 0 Å². The van der Waals surface area contributed by atoms with Gasteiger partial charge in [0, 0.05) is 36.0 Å². The first-order chi connectivity index (χ1) is 10.1. The molecule has 0 saturated heterocycles. The van der Waals surface area contributed by atoms with Gasteiger partial charge in [0.15, 0.2) is 0 Å². The molecular formula is C13H30O6S3Si. The van der Waals surface area contributed by atoms with E-state index in [0.717, 1.165) is 18.1 Å². The van der Waals surface area contributed by atoms with E-state index < -0.39 is 37.6 Å². The Balaban J connectivity index is 4.67. The molecule has 0 aliphatic rings. The fraction of sp³-hybridized carbons (Fsp3) is 1.00. The fourth-order valence-corrected chi connectivity index (χ4v) is 9.27. The van der Waals surface area contributed by atoms with Gasteiger partial charge >= 0.3 is 0 Å². The van der Waals surface area contributed by atoms with Crippen LogP contribution in [0.3, 0.4) is 0 Å². The molecule has 140 valence electrons. The molecule has 0 heterocycles. The van der Waals surface area contributed by atoms with Gasteiger partial charge in [-0.15, -0.1) is 0 Å². The van der Waals surface area contributed by atoms with Gasteiger partial charge in [-0.25, -0.2) is 25.3 Å². The molecule has 0 aliphatic heterocycles. The van der Waals surface area contributed by atoms with Gasteiger partial charge in [0.1, 0.15) is 29.5 Å². The lowest BCUT2D eigenvalue weighted by molar-refractivity contribution is 0.599. The summed E-state index contributed by atoms with van der Waals surface area (Å²) in [4.78, 5) is 0. The minimum absolute atomic E-state index is 0.133. The third-order valence-corrected chi connectivity index (χ3v) is 11.7. The van der Waals surface area contributed by atoms with Gasteiger partial charge in [-0.2, -0.15) is 0 Å². The maximum atomic E-state index is 11.3. The lowest BCUT2D eigenvalue weighted by Crippen LogP contribution is -2.31. The molecule has 0 radical (unpaired) electrons. The lowest BCUT2D eigenvalue weighted by atomic mass is 10.5. The Morgan fingerprint density at radius 2 is 0.783 bits per heavy atom. The normalized spacial score (nSPS) is 14.1. The van der Waals surface area contributed by atoms with Crippen LogP contribution in [-0.4, -0.2) is 69.4 Å². The van der Waals surface area contributed by atoms with Gasteiger partial charge in [-0.1, -0.05) is 24.7 Å². The molecule has 0 amide bonds. The summed E-state index contributed by atoms with van der Waals surface area (Å²) in [5.74, 6) is 0.398. The van der Waals surface area contributed by atoms with E-state index in [4.69, 9.17) is 0 Å². The van der Waals surface area contributed by atoms with Crippen molar-refractivity contribution in [1.29, 1.82) is 0 Å². The summed E-state index contributed by atoms with van der Waals surface area (Å²) in [7, 11) is -10.9. The molecular weight excluding hydrogens is 376 g/mol. The lowest BCUT2D eigenvalue weighted by Gasteiger charge is -2.27. The highest BCUT2D eigenvalue weighted by molar-refractivity contribution is 7.91. The van der Waals surface area contributed by atoms with E-state index in [2.05, 4.69) is 6.55 Å². The van der Waals surface area contributed by atoms with Crippen LogP contribution in [0.25, 0.3) is 0 Å². The first kappa shape index (κ1) is 23.1. The molecule has 0 aromatic heterocycles. The summed E-state index contributed by atoms with van der Waals surface area (Å²) in [5, 5.41) is 0. The van der Waals surface area contributed by atoms with Crippen molar-refractivity contribution in [3.8, 4) is 0 Å². The SMILES string of the molecule is C[Si](CCCS(C)(=O)=O)(CCCS(C)(=O)=O)CCCS(C)(=O)=O. The van der Waals surface area contributed by atoms with E-state index >= 15 is 0 Å². The van der Waals surface area contributed by atoms with Crippen LogP contribution in [-0.2, 0) is 29.5 Å². The van der Waals surface area contributed by atoms with Gasteiger partial charge in [-0.3, -0.25) is 0 Å². The minimum atomic E-state index is -3.00. The second kappa shape index (κ2) is 8.96. The zero-order valence-corrected chi connectivity index (χ0v) is 18.0. The molecule has 0 fully saturated rings. The second-order valence-corrected chi connectivity index (χ2v) is 18.9. The summed E-state index contributed by atoms with van der Waals surface area (Å²) in [6.07, 6.45) is 5.33. The third-order valence-electron chi connectivity index (χ3n) is 3.89. The van der Waals surface area contributed by atoms with Gasteiger partial charge in [0.2, 0.25) is 0 Å². The molecule has 0 atom stereocenters. The molecule has 23 heavy (non-hydrogen) atoms. The Kier molecular flexibility index (Phi) is 8.98. The van der Waals surface area contributed by atoms with Crippen molar-refractivity contribution in [2.45, 2.75) is 43.9 Å². The average Bonchev–Trinajstić information content (AvgIpc) is 2.22. The van der Waals surface area contributed by atoms with Crippen molar-refractivity contribution in [1.82, 2.24) is 0 Å². The third kappa shape index (κ3) is 15.3. The van der Waals surface area contributed by atoms with Crippen LogP contribution in [0.1, 0.15) is 19.3 Å². The number of hydrogen-bond acceptors (Lipinski definition) is 6. The molecule has 0 bridgehead atoms. The molecule has 0 unspecified atom stereocenters. The topological polar surface area (TPSA) is 102 Å². The molecule has 10 heteroatoms. The molecule has 0 N–H and O–H groups in total. The highest BCUT2D eigenvalue weighted by Gasteiger charge is 2.27. The number of hydrogen-bond donors (Lipinski definition) is 0. The summed E-state index contributed by atoms with van der Waals surface area (Å²) in [5.41, 5.74) is 0. The summed E-state index contributed by atoms with van der Waals surface area (Å²) < 4.78 is 67.6. The van der Waals surface area contributed by atoms with Crippen LogP contribution in [0.5, 0.6) is 0 Å². The van der Waals surface area contributed by atoms with E-state index in [9.17, 15) is 25.3 Å². The quantitative estimate of drug-likeness (QED) is 0.454. The predicted molar refractivity (Wildman–Crippen MR) is 99.0 cm³/mol.